The van der Waals surface area contributed by atoms with Gasteiger partial charge in [0.2, 0.25) is 0 Å². The molecule has 1 fully saturated rings. The summed E-state index contributed by atoms with van der Waals surface area (Å²) in [6.45, 7) is 9.60. The number of benzene rings is 2. The minimum Gasteiger partial charge on any atom is -0.394 e. The minimum atomic E-state index is -1.39. The lowest BCUT2D eigenvalue weighted by atomic mass is 9.83. The van der Waals surface area contributed by atoms with Crippen LogP contribution in [0.3, 0.4) is 0 Å². The van der Waals surface area contributed by atoms with E-state index in [-0.39, 0.29) is 0 Å². The SMILES string of the molecule is C=Cc1ccc(Cc2cc(C3OC(CO)C(O)C(O)C3O)c(C)c(C)c2CCC)cc1. The van der Waals surface area contributed by atoms with Crippen molar-refractivity contribution in [2.45, 2.75) is 70.6 Å². The minimum absolute atomic E-state index is 0.435. The van der Waals surface area contributed by atoms with Gasteiger partial charge in [-0.1, -0.05) is 56.3 Å². The van der Waals surface area contributed by atoms with Crippen molar-refractivity contribution in [2.24, 2.45) is 0 Å². The zero-order valence-electron chi connectivity index (χ0n) is 18.6. The Hall–Kier alpha value is -2.02. The molecule has 0 radical (unpaired) electrons. The van der Waals surface area contributed by atoms with E-state index in [2.05, 4.69) is 38.6 Å². The molecule has 1 heterocycles. The first-order valence-corrected chi connectivity index (χ1v) is 11.0. The second kappa shape index (κ2) is 10.1. The highest BCUT2D eigenvalue weighted by molar-refractivity contribution is 5.50. The maximum atomic E-state index is 10.7. The summed E-state index contributed by atoms with van der Waals surface area (Å²) in [5.41, 5.74) is 7.62. The Balaban J connectivity index is 2.05. The molecule has 1 aliphatic heterocycles. The Morgan fingerprint density at radius 2 is 1.68 bits per heavy atom. The van der Waals surface area contributed by atoms with E-state index in [1.54, 1.807) is 0 Å². The van der Waals surface area contributed by atoms with E-state index in [1.165, 1.54) is 11.1 Å². The van der Waals surface area contributed by atoms with Gasteiger partial charge in [-0.2, -0.15) is 0 Å². The molecule has 0 aromatic heterocycles. The molecule has 0 saturated carbocycles. The number of aliphatic hydroxyl groups excluding tert-OH is 4. The maximum Gasteiger partial charge on any atom is 0.113 e. The van der Waals surface area contributed by atoms with Gasteiger partial charge in [0.25, 0.3) is 0 Å². The highest BCUT2D eigenvalue weighted by Gasteiger charge is 2.44. The lowest BCUT2D eigenvalue weighted by Gasteiger charge is -2.41. The number of hydrogen-bond donors (Lipinski definition) is 4. The summed E-state index contributed by atoms with van der Waals surface area (Å²) in [6.07, 6.45) is -1.27. The molecule has 4 N–H and O–H groups in total. The highest BCUT2D eigenvalue weighted by Crippen LogP contribution is 2.37. The molecule has 31 heavy (non-hydrogen) atoms. The summed E-state index contributed by atoms with van der Waals surface area (Å²) in [4.78, 5) is 0. The molecule has 0 bridgehead atoms. The average Bonchev–Trinajstić information content (AvgIpc) is 2.78. The fourth-order valence-corrected chi connectivity index (χ4v) is 4.47. The molecule has 5 unspecified atom stereocenters. The second-order valence-corrected chi connectivity index (χ2v) is 8.48. The smallest absolute Gasteiger partial charge is 0.113 e. The van der Waals surface area contributed by atoms with Crippen LogP contribution in [0.15, 0.2) is 36.9 Å². The van der Waals surface area contributed by atoms with Crippen LogP contribution in [-0.4, -0.2) is 51.4 Å². The van der Waals surface area contributed by atoms with Gasteiger partial charge in [0.15, 0.2) is 0 Å². The van der Waals surface area contributed by atoms with Gasteiger partial charge in [0.1, 0.15) is 30.5 Å². The molecule has 2 aromatic rings. The van der Waals surface area contributed by atoms with Crippen molar-refractivity contribution in [3.8, 4) is 0 Å². The van der Waals surface area contributed by atoms with E-state index in [4.69, 9.17) is 4.74 Å². The molecule has 2 aromatic carbocycles. The van der Waals surface area contributed by atoms with Crippen LogP contribution in [0.5, 0.6) is 0 Å². The molecule has 0 amide bonds. The topological polar surface area (TPSA) is 90.2 Å². The van der Waals surface area contributed by atoms with E-state index in [0.29, 0.717) is 0 Å². The van der Waals surface area contributed by atoms with Crippen LogP contribution in [0, 0.1) is 13.8 Å². The van der Waals surface area contributed by atoms with Gasteiger partial charge in [0, 0.05) is 0 Å². The largest absolute Gasteiger partial charge is 0.394 e. The normalized spacial score (nSPS) is 26.1. The molecule has 0 aliphatic carbocycles. The molecule has 5 heteroatoms. The summed E-state index contributed by atoms with van der Waals surface area (Å²) in [5.74, 6) is 0. The van der Waals surface area contributed by atoms with Crippen LogP contribution in [0.25, 0.3) is 6.08 Å². The zero-order valence-corrected chi connectivity index (χ0v) is 18.6. The monoisotopic (exact) mass is 426 g/mol. The lowest BCUT2D eigenvalue weighted by molar-refractivity contribution is -0.231. The zero-order chi connectivity index (χ0) is 22.7. The van der Waals surface area contributed by atoms with E-state index < -0.39 is 37.1 Å². The van der Waals surface area contributed by atoms with Gasteiger partial charge in [-0.25, -0.2) is 0 Å². The van der Waals surface area contributed by atoms with Gasteiger partial charge in [-0.05, 0) is 65.6 Å². The van der Waals surface area contributed by atoms with Crippen LogP contribution in [-0.2, 0) is 17.6 Å². The first-order valence-electron chi connectivity index (χ1n) is 11.0. The van der Waals surface area contributed by atoms with Gasteiger partial charge in [0.05, 0.1) is 6.61 Å². The predicted octanol–water partition coefficient (Wildman–Crippen LogP) is 3.00. The van der Waals surface area contributed by atoms with Gasteiger partial charge < -0.3 is 25.2 Å². The van der Waals surface area contributed by atoms with Crippen molar-refractivity contribution in [3.63, 3.8) is 0 Å². The van der Waals surface area contributed by atoms with Gasteiger partial charge >= 0.3 is 0 Å². The van der Waals surface area contributed by atoms with Gasteiger partial charge in [-0.15, -0.1) is 0 Å². The van der Waals surface area contributed by atoms with Crippen molar-refractivity contribution in [1.82, 2.24) is 0 Å². The Morgan fingerprint density at radius 1 is 1.00 bits per heavy atom. The summed E-state index contributed by atoms with van der Waals surface area (Å²) < 4.78 is 5.87. The Morgan fingerprint density at radius 3 is 2.26 bits per heavy atom. The molecule has 5 nitrogen and oxygen atoms in total. The summed E-state index contributed by atoms with van der Waals surface area (Å²) >= 11 is 0. The Bertz CT molecular complexity index is 903. The lowest BCUT2D eigenvalue weighted by Crippen LogP contribution is -2.55. The summed E-state index contributed by atoms with van der Waals surface area (Å²) in [7, 11) is 0. The summed E-state index contributed by atoms with van der Waals surface area (Å²) in [6, 6.07) is 10.3. The van der Waals surface area contributed by atoms with Crippen molar-refractivity contribution in [2.75, 3.05) is 6.61 Å². The standard InChI is InChI=1S/C26H34O5/c1-5-7-20-15(3)16(4)21(26-25(30)24(29)23(28)22(14-27)31-26)13-19(20)12-18-10-8-17(6-2)9-11-18/h6,8-11,13,22-30H,2,5,7,12,14H2,1,3-4H3. The molecular formula is C26H34O5. The molecule has 3 rings (SSSR count). The molecule has 1 aliphatic rings. The Kier molecular flexibility index (Phi) is 7.68. The van der Waals surface area contributed by atoms with Crippen LogP contribution >= 0.6 is 0 Å². The van der Waals surface area contributed by atoms with Gasteiger partial charge in [-0.3, -0.25) is 0 Å². The number of ether oxygens (including phenoxy) is 1. The molecular weight excluding hydrogens is 392 g/mol. The molecule has 0 spiro atoms. The van der Waals surface area contributed by atoms with Crippen LogP contribution in [0.2, 0.25) is 0 Å². The third-order valence-corrected chi connectivity index (χ3v) is 6.47. The van der Waals surface area contributed by atoms with Crippen molar-refractivity contribution < 1.29 is 25.2 Å². The van der Waals surface area contributed by atoms with Crippen LogP contribution in [0.1, 0.15) is 58.4 Å². The first-order chi connectivity index (χ1) is 14.8. The quantitative estimate of drug-likeness (QED) is 0.547. The fourth-order valence-electron chi connectivity index (χ4n) is 4.47. The van der Waals surface area contributed by atoms with Crippen LogP contribution < -0.4 is 0 Å². The number of rotatable bonds is 7. The average molecular weight is 427 g/mol. The van der Waals surface area contributed by atoms with Crippen molar-refractivity contribution in [1.29, 1.82) is 0 Å². The molecule has 1 saturated heterocycles. The summed E-state index contributed by atoms with van der Waals surface area (Å²) in [5, 5.41) is 40.7. The van der Waals surface area contributed by atoms with E-state index in [9.17, 15) is 20.4 Å². The first kappa shape index (κ1) is 23.6. The number of aliphatic hydroxyl groups is 4. The third-order valence-electron chi connectivity index (χ3n) is 6.47. The van der Waals surface area contributed by atoms with Crippen LogP contribution in [0.4, 0.5) is 0 Å². The fraction of sp³-hybridized carbons (Fsp3) is 0.462. The predicted molar refractivity (Wildman–Crippen MR) is 122 cm³/mol. The molecule has 168 valence electrons. The second-order valence-electron chi connectivity index (χ2n) is 8.48. The van der Waals surface area contributed by atoms with E-state index in [0.717, 1.165) is 47.1 Å². The maximum absolute atomic E-state index is 10.7. The third kappa shape index (κ3) is 4.76. The highest BCUT2D eigenvalue weighted by atomic mass is 16.5. The van der Waals surface area contributed by atoms with E-state index >= 15 is 0 Å². The van der Waals surface area contributed by atoms with Crippen molar-refractivity contribution in [3.05, 3.63) is 75.9 Å². The van der Waals surface area contributed by atoms with Crippen molar-refractivity contribution >= 4 is 6.08 Å². The Labute approximate surface area is 184 Å². The number of hydrogen-bond acceptors (Lipinski definition) is 5. The van der Waals surface area contributed by atoms with E-state index in [1.807, 2.05) is 25.1 Å². The molecule has 5 atom stereocenters.